The first-order valence-electron chi connectivity index (χ1n) is 9.66. The molecule has 1 saturated carbocycles. The smallest absolute Gasteiger partial charge is 0.192 e. The van der Waals surface area contributed by atoms with E-state index >= 15 is 0 Å². The fourth-order valence-electron chi connectivity index (χ4n) is 3.16. The van der Waals surface area contributed by atoms with Crippen LogP contribution in [0.15, 0.2) is 61.2 Å². The summed E-state index contributed by atoms with van der Waals surface area (Å²) in [6, 6.07) is 19.6. The van der Waals surface area contributed by atoms with Crippen molar-refractivity contribution in [2.24, 2.45) is 5.92 Å². The maximum absolute atomic E-state index is 6.33. The summed E-state index contributed by atoms with van der Waals surface area (Å²) in [5.41, 5.74) is 5.24. The van der Waals surface area contributed by atoms with Gasteiger partial charge >= 0.3 is 0 Å². The zero-order chi connectivity index (χ0) is 18.9. The second kappa shape index (κ2) is 7.17. The lowest BCUT2D eigenvalue weighted by Gasteiger charge is -2.36. The normalized spacial score (nSPS) is 20.0. The van der Waals surface area contributed by atoms with Crippen molar-refractivity contribution < 1.29 is 4.43 Å². The Morgan fingerprint density at radius 1 is 1.04 bits per heavy atom. The fourth-order valence-corrected chi connectivity index (χ4v) is 4.12. The lowest BCUT2D eigenvalue weighted by atomic mass is 9.99. The molecule has 1 aliphatic carbocycles. The van der Waals surface area contributed by atoms with Gasteiger partial charge in [0.15, 0.2) is 8.32 Å². The second-order valence-electron chi connectivity index (χ2n) is 9.13. The van der Waals surface area contributed by atoms with Crippen LogP contribution in [0.4, 0.5) is 0 Å². The highest BCUT2D eigenvalue weighted by atomic mass is 28.4. The average Bonchev–Trinajstić information content (AvgIpc) is 3.40. The van der Waals surface area contributed by atoms with Crippen LogP contribution in [0.1, 0.15) is 49.8 Å². The van der Waals surface area contributed by atoms with Gasteiger partial charge in [-0.1, -0.05) is 81.9 Å². The van der Waals surface area contributed by atoms with Gasteiger partial charge in [0.1, 0.15) is 0 Å². The highest BCUT2D eigenvalue weighted by molar-refractivity contribution is 6.74. The van der Waals surface area contributed by atoms with Gasteiger partial charge in [-0.15, -0.1) is 0 Å². The minimum atomic E-state index is -1.70. The highest BCUT2D eigenvalue weighted by Crippen LogP contribution is 2.53. The molecular formula is C24H32OSi. The van der Waals surface area contributed by atoms with Crippen molar-refractivity contribution in [3.63, 3.8) is 0 Å². The molecular weight excluding hydrogens is 332 g/mol. The standard InChI is InChI=1S/C24H32OSi/c1-18(22-16-23(22)21-10-8-7-9-11-21)20-14-12-19(13-15-20)17-25-26(5,6)24(2,3)4/h7-15,22-23H,1,16-17H2,2-6H3/t22-,23-/m1/s1. The first-order valence-corrected chi connectivity index (χ1v) is 12.6. The van der Waals surface area contributed by atoms with Crippen molar-refractivity contribution in [2.45, 2.75) is 57.8 Å². The molecule has 0 amide bonds. The van der Waals surface area contributed by atoms with E-state index in [2.05, 4.69) is 95.0 Å². The summed E-state index contributed by atoms with van der Waals surface area (Å²) < 4.78 is 6.33. The van der Waals surface area contributed by atoms with Crippen molar-refractivity contribution in [2.75, 3.05) is 0 Å². The largest absolute Gasteiger partial charge is 0.413 e. The lowest BCUT2D eigenvalue weighted by molar-refractivity contribution is 0.276. The monoisotopic (exact) mass is 364 g/mol. The van der Waals surface area contributed by atoms with Crippen LogP contribution in [0.5, 0.6) is 0 Å². The number of rotatable bonds is 6. The molecule has 0 N–H and O–H groups in total. The Labute approximate surface area is 160 Å². The fraction of sp³-hybridized carbons (Fsp3) is 0.417. The highest BCUT2D eigenvalue weighted by Gasteiger charge is 2.40. The maximum Gasteiger partial charge on any atom is 0.192 e. The van der Waals surface area contributed by atoms with E-state index in [9.17, 15) is 0 Å². The van der Waals surface area contributed by atoms with Gasteiger partial charge in [0.25, 0.3) is 0 Å². The zero-order valence-electron chi connectivity index (χ0n) is 16.9. The lowest BCUT2D eigenvalue weighted by Crippen LogP contribution is -2.40. The number of benzene rings is 2. The first-order chi connectivity index (χ1) is 12.2. The van der Waals surface area contributed by atoms with Crippen LogP contribution in [-0.2, 0) is 11.0 Å². The van der Waals surface area contributed by atoms with Gasteiger partial charge in [-0.25, -0.2) is 0 Å². The Balaban J connectivity index is 1.59. The van der Waals surface area contributed by atoms with Crippen molar-refractivity contribution in [1.82, 2.24) is 0 Å². The Kier molecular flexibility index (Phi) is 5.27. The van der Waals surface area contributed by atoms with E-state index in [0.29, 0.717) is 18.4 Å². The molecule has 0 heterocycles. The van der Waals surface area contributed by atoms with Crippen LogP contribution < -0.4 is 0 Å². The second-order valence-corrected chi connectivity index (χ2v) is 13.9. The van der Waals surface area contributed by atoms with Crippen LogP contribution in [0, 0.1) is 5.92 Å². The summed E-state index contributed by atoms with van der Waals surface area (Å²) in [6.45, 7) is 16.6. The Bertz CT molecular complexity index is 753. The summed E-state index contributed by atoms with van der Waals surface area (Å²) in [5, 5.41) is 0.250. The van der Waals surface area contributed by atoms with E-state index < -0.39 is 8.32 Å². The van der Waals surface area contributed by atoms with E-state index in [0.717, 1.165) is 0 Å². The Morgan fingerprint density at radius 2 is 1.65 bits per heavy atom. The maximum atomic E-state index is 6.33. The number of hydrogen-bond acceptors (Lipinski definition) is 1. The van der Waals surface area contributed by atoms with Gasteiger partial charge in [-0.3, -0.25) is 0 Å². The van der Waals surface area contributed by atoms with Crippen LogP contribution in [0.25, 0.3) is 5.57 Å². The van der Waals surface area contributed by atoms with Gasteiger partial charge in [0, 0.05) is 0 Å². The van der Waals surface area contributed by atoms with Crippen LogP contribution in [-0.4, -0.2) is 8.32 Å². The molecule has 0 aromatic heterocycles. The third-order valence-corrected chi connectivity index (χ3v) is 10.7. The number of allylic oxidation sites excluding steroid dienone is 1. The van der Waals surface area contributed by atoms with E-state index in [1.165, 1.54) is 28.7 Å². The van der Waals surface area contributed by atoms with Gasteiger partial charge in [0.2, 0.25) is 0 Å². The summed E-state index contributed by atoms with van der Waals surface area (Å²) in [5.74, 6) is 1.23. The molecule has 2 aromatic carbocycles. The van der Waals surface area contributed by atoms with Gasteiger partial charge < -0.3 is 4.43 Å². The summed E-state index contributed by atoms with van der Waals surface area (Å²) in [4.78, 5) is 0. The minimum absolute atomic E-state index is 0.250. The topological polar surface area (TPSA) is 9.23 Å². The quantitative estimate of drug-likeness (QED) is 0.500. The van der Waals surface area contributed by atoms with Crippen molar-refractivity contribution >= 4 is 13.9 Å². The van der Waals surface area contributed by atoms with Crippen molar-refractivity contribution in [3.8, 4) is 0 Å². The van der Waals surface area contributed by atoms with E-state index in [-0.39, 0.29) is 5.04 Å². The van der Waals surface area contributed by atoms with E-state index in [1.54, 1.807) is 0 Å². The molecule has 1 fully saturated rings. The summed E-state index contributed by atoms with van der Waals surface area (Å²) >= 11 is 0. The van der Waals surface area contributed by atoms with Crippen LogP contribution >= 0.6 is 0 Å². The SMILES string of the molecule is C=C(c1ccc(CO[Si](C)(C)C(C)(C)C)cc1)[C@H]1C[C@@H]1c1ccccc1. The molecule has 0 aliphatic heterocycles. The van der Waals surface area contributed by atoms with E-state index in [1.807, 2.05) is 0 Å². The molecule has 3 rings (SSSR count). The molecule has 2 atom stereocenters. The molecule has 1 aliphatic rings. The summed E-state index contributed by atoms with van der Waals surface area (Å²) in [6.07, 6.45) is 1.22. The molecule has 138 valence electrons. The molecule has 0 unspecified atom stereocenters. The van der Waals surface area contributed by atoms with Gasteiger partial charge in [-0.05, 0) is 58.7 Å². The molecule has 0 radical (unpaired) electrons. The van der Waals surface area contributed by atoms with E-state index in [4.69, 9.17) is 4.43 Å². The predicted molar refractivity (Wildman–Crippen MR) is 115 cm³/mol. The third-order valence-electron chi connectivity index (χ3n) is 6.20. The van der Waals surface area contributed by atoms with Crippen LogP contribution in [0.2, 0.25) is 18.1 Å². The van der Waals surface area contributed by atoms with Gasteiger partial charge in [-0.2, -0.15) is 0 Å². The minimum Gasteiger partial charge on any atom is -0.413 e. The zero-order valence-corrected chi connectivity index (χ0v) is 17.9. The van der Waals surface area contributed by atoms with Gasteiger partial charge in [0.05, 0.1) is 6.61 Å². The molecule has 0 bridgehead atoms. The van der Waals surface area contributed by atoms with Crippen molar-refractivity contribution in [1.29, 1.82) is 0 Å². The number of hydrogen-bond donors (Lipinski definition) is 0. The molecule has 26 heavy (non-hydrogen) atoms. The predicted octanol–water partition coefficient (Wildman–Crippen LogP) is 7.03. The molecule has 0 saturated heterocycles. The molecule has 2 heteroatoms. The first kappa shape index (κ1) is 19.1. The molecule has 2 aromatic rings. The summed E-state index contributed by atoms with van der Waals surface area (Å²) in [7, 11) is -1.70. The Hall–Kier alpha value is -1.64. The third kappa shape index (κ3) is 4.19. The Morgan fingerprint density at radius 3 is 2.23 bits per heavy atom. The van der Waals surface area contributed by atoms with Crippen molar-refractivity contribution in [3.05, 3.63) is 77.9 Å². The molecule has 1 nitrogen and oxygen atoms in total. The van der Waals surface area contributed by atoms with Crippen LogP contribution in [0.3, 0.4) is 0 Å². The molecule has 0 spiro atoms. The average molecular weight is 365 g/mol.